The van der Waals surface area contributed by atoms with E-state index in [0.717, 1.165) is 25.3 Å². The standard InChI is InChI=1S/C12H24N2O/c1-4-12(3,5-2)14-9-11(15)13-8-10-6-7-10/h10,14H,4-9H2,1-3H3,(H,13,15). The summed E-state index contributed by atoms with van der Waals surface area (Å²) >= 11 is 0. The van der Waals surface area contributed by atoms with Crippen molar-refractivity contribution in [2.24, 2.45) is 5.92 Å². The Morgan fingerprint density at radius 2 is 1.93 bits per heavy atom. The van der Waals surface area contributed by atoms with Crippen molar-refractivity contribution in [1.82, 2.24) is 10.6 Å². The number of hydrogen-bond donors (Lipinski definition) is 2. The molecule has 2 N–H and O–H groups in total. The van der Waals surface area contributed by atoms with E-state index in [9.17, 15) is 4.79 Å². The van der Waals surface area contributed by atoms with Gasteiger partial charge in [0.25, 0.3) is 0 Å². The van der Waals surface area contributed by atoms with Crippen LogP contribution in [0.15, 0.2) is 0 Å². The molecule has 0 unspecified atom stereocenters. The molecule has 0 heterocycles. The number of carbonyl (C=O) groups is 1. The maximum atomic E-state index is 11.5. The number of hydrogen-bond acceptors (Lipinski definition) is 2. The molecule has 15 heavy (non-hydrogen) atoms. The summed E-state index contributed by atoms with van der Waals surface area (Å²) in [7, 11) is 0. The molecule has 0 radical (unpaired) electrons. The Morgan fingerprint density at radius 3 is 2.40 bits per heavy atom. The highest BCUT2D eigenvalue weighted by Crippen LogP contribution is 2.27. The molecule has 1 amide bonds. The molecule has 0 spiro atoms. The molecule has 0 aromatic heterocycles. The van der Waals surface area contributed by atoms with E-state index in [-0.39, 0.29) is 11.4 Å². The van der Waals surface area contributed by atoms with Gasteiger partial charge in [0, 0.05) is 12.1 Å². The van der Waals surface area contributed by atoms with E-state index in [4.69, 9.17) is 0 Å². The van der Waals surface area contributed by atoms with Crippen LogP contribution in [0, 0.1) is 5.92 Å². The average molecular weight is 212 g/mol. The van der Waals surface area contributed by atoms with Crippen LogP contribution in [0.1, 0.15) is 46.5 Å². The maximum Gasteiger partial charge on any atom is 0.233 e. The zero-order valence-electron chi connectivity index (χ0n) is 10.2. The molecule has 88 valence electrons. The molecule has 1 aliphatic carbocycles. The van der Waals surface area contributed by atoms with Crippen LogP contribution in [0.2, 0.25) is 0 Å². The van der Waals surface area contributed by atoms with Gasteiger partial charge < -0.3 is 10.6 Å². The molecule has 1 rings (SSSR count). The predicted molar refractivity (Wildman–Crippen MR) is 62.7 cm³/mol. The van der Waals surface area contributed by atoms with E-state index in [1.807, 2.05) is 0 Å². The quantitative estimate of drug-likeness (QED) is 0.674. The Labute approximate surface area is 93.0 Å². The summed E-state index contributed by atoms with van der Waals surface area (Å²) < 4.78 is 0. The molecule has 0 aromatic rings. The van der Waals surface area contributed by atoms with Crippen LogP contribution >= 0.6 is 0 Å². The lowest BCUT2D eigenvalue weighted by atomic mass is 9.96. The van der Waals surface area contributed by atoms with E-state index < -0.39 is 0 Å². The van der Waals surface area contributed by atoms with Crippen molar-refractivity contribution in [2.45, 2.75) is 52.0 Å². The van der Waals surface area contributed by atoms with Crippen molar-refractivity contribution in [3.63, 3.8) is 0 Å². The van der Waals surface area contributed by atoms with E-state index in [1.165, 1.54) is 12.8 Å². The molecule has 0 aromatic carbocycles. The normalized spacial score (nSPS) is 16.5. The Morgan fingerprint density at radius 1 is 1.33 bits per heavy atom. The fourth-order valence-electron chi connectivity index (χ4n) is 1.44. The fraction of sp³-hybridized carbons (Fsp3) is 0.917. The van der Waals surface area contributed by atoms with Crippen LogP contribution in [0.3, 0.4) is 0 Å². The zero-order chi connectivity index (χ0) is 11.3. The van der Waals surface area contributed by atoms with Crippen molar-refractivity contribution in [1.29, 1.82) is 0 Å². The molecule has 0 saturated heterocycles. The van der Waals surface area contributed by atoms with Crippen molar-refractivity contribution < 1.29 is 4.79 Å². The van der Waals surface area contributed by atoms with Gasteiger partial charge in [-0.15, -0.1) is 0 Å². The SMILES string of the molecule is CCC(C)(CC)NCC(=O)NCC1CC1. The van der Waals surface area contributed by atoms with Gasteiger partial charge in [0.2, 0.25) is 5.91 Å². The lowest BCUT2D eigenvalue weighted by Crippen LogP contribution is -2.46. The maximum absolute atomic E-state index is 11.5. The smallest absolute Gasteiger partial charge is 0.233 e. The molecular weight excluding hydrogens is 188 g/mol. The van der Waals surface area contributed by atoms with Gasteiger partial charge in [-0.3, -0.25) is 4.79 Å². The van der Waals surface area contributed by atoms with Gasteiger partial charge in [-0.2, -0.15) is 0 Å². The Bertz CT molecular complexity index is 208. The van der Waals surface area contributed by atoms with E-state index >= 15 is 0 Å². The van der Waals surface area contributed by atoms with Crippen molar-refractivity contribution >= 4 is 5.91 Å². The Hall–Kier alpha value is -0.570. The van der Waals surface area contributed by atoms with Crippen LogP contribution in [-0.2, 0) is 4.79 Å². The summed E-state index contributed by atoms with van der Waals surface area (Å²) in [5.41, 5.74) is 0.108. The van der Waals surface area contributed by atoms with Crippen LogP contribution in [0.5, 0.6) is 0 Å². The molecule has 0 aliphatic heterocycles. The molecule has 0 bridgehead atoms. The van der Waals surface area contributed by atoms with Gasteiger partial charge >= 0.3 is 0 Å². The predicted octanol–water partition coefficient (Wildman–Crippen LogP) is 1.68. The van der Waals surface area contributed by atoms with Crippen LogP contribution in [0.25, 0.3) is 0 Å². The van der Waals surface area contributed by atoms with Gasteiger partial charge in [-0.05, 0) is 38.5 Å². The molecule has 1 saturated carbocycles. The second-order valence-electron chi connectivity index (χ2n) is 4.87. The highest BCUT2D eigenvalue weighted by Gasteiger charge is 2.23. The average Bonchev–Trinajstić information content (AvgIpc) is 3.07. The Balaban J connectivity index is 2.13. The third kappa shape index (κ3) is 4.65. The third-order valence-electron chi connectivity index (χ3n) is 3.52. The number of carbonyl (C=O) groups excluding carboxylic acids is 1. The zero-order valence-corrected chi connectivity index (χ0v) is 10.2. The first-order valence-corrected chi connectivity index (χ1v) is 6.11. The van der Waals surface area contributed by atoms with E-state index in [1.54, 1.807) is 0 Å². The van der Waals surface area contributed by atoms with E-state index in [2.05, 4.69) is 31.4 Å². The second-order valence-corrected chi connectivity index (χ2v) is 4.87. The van der Waals surface area contributed by atoms with Gasteiger partial charge in [0.15, 0.2) is 0 Å². The van der Waals surface area contributed by atoms with Gasteiger partial charge in [0.1, 0.15) is 0 Å². The van der Waals surface area contributed by atoms with Crippen LogP contribution < -0.4 is 10.6 Å². The minimum Gasteiger partial charge on any atom is -0.355 e. The summed E-state index contributed by atoms with van der Waals surface area (Å²) in [6, 6.07) is 0. The summed E-state index contributed by atoms with van der Waals surface area (Å²) in [6.07, 6.45) is 4.68. The number of nitrogens with one attached hydrogen (secondary N) is 2. The summed E-state index contributed by atoms with van der Waals surface area (Å²) in [4.78, 5) is 11.5. The molecular formula is C12H24N2O. The van der Waals surface area contributed by atoms with Gasteiger partial charge in [0.05, 0.1) is 6.54 Å². The van der Waals surface area contributed by atoms with Crippen molar-refractivity contribution in [3.8, 4) is 0 Å². The topological polar surface area (TPSA) is 41.1 Å². The minimum absolute atomic E-state index is 0.108. The number of rotatable bonds is 7. The lowest BCUT2D eigenvalue weighted by molar-refractivity contribution is -0.120. The summed E-state index contributed by atoms with van der Waals surface area (Å²) in [5, 5.41) is 6.29. The van der Waals surface area contributed by atoms with Gasteiger partial charge in [-0.25, -0.2) is 0 Å². The summed E-state index contributed by atoms with van der Waals surface area (Å²) in [6.45, 7) is 7.79. The largest absolute Gasteiger partial charge is 0.355 e. The summed E-state index contributed by atoms with van der Waals surface area (Å²) in [5.74, 6) is 0.896. The number of amides is 1. The van der Waals surface area contributed by atoms with Crippen LogP contribution in [-0.4, -0.2) is 24.5 Å². The molecule has 1 aliphatic rings. The lowest BCUT2D eigenvalue weighted by Gasteiger charge is -2.28. The monoisotopic (exact) mass is 212 g/mol. The second kappa shape index (κ2) is 5.50. The molecule has 0 atom stereocenters. The van der Waals surface area contributed by atoms with Gasteiger partial charge in [-0.1, -0.05) is 13.8 Å². The molecule has 3 nitrogen and oxygen atoms in total. The minimum atomic E-state index is 0.108. The van der Waals surface area contributed by atoms with Crippen molar-refractivity contribution in [3.05, 3.63) is 0 Å². The first-order chi connectivity index (χ1) is 7.09. The highest BCUT2D eigenvalue weighted by molar-refractivity contribution is 5.78. The first kappa shape index (κ1) is 12.5. The molecule has 3 heteroatoms. The van der Waals surface area contributed by atoms with Crippen LogP contribution in [0.4, 0.5) is 0 Å². The van der Waals surface area contributed by atoms with Crippen molar-refractivity contribution in [2.75, 3.05) is 13.1 Å². The third-order valence-corrected chi connectivity index (χ3v) is 3.52. The first-order valence-electron chi connectivity index (χ1n) is 6.11. The highest BCUT2D eigenvalue weighted by atomic mass is 16.1. The fourth-order valence-corrected chi connectivity index (χ4v) is 1.44. The Kier molecular flexibility index (Phi) is 4.58. The molecule has 1 fully saturated rings. The van der Waals surface area contributed by atoms with E-state index in [0.29, 0.717) is 6.54 Å².